The Balaban J connectivity index is 1.86. The van der Waals surface area contributed by atoms with Gasteiger partial charge in [-0.3, -0.25) is 4.98 Å². The van der Waals surface area contributed by atoms with Crippen LogP contribution in [0.4, 0.5) is 0 Å². The van der Waals surface area contributed by atoms with E-state index in [9.17, 15) is 9.59 Å². The fraction of sp³-hybridized carbons (Fsp3) is 0.125. The molecule has 0 N–H and O–H groups in total. The SMILES string of the molecule is COc1cccc2cc(-c3cc4c(c(C)n3)c(=O)oc3c(OC)cccc34)c(=O)oc12. The summed E-state index contributed by atoms with van der Waals surface area (Å²) in [6.07, 6.45) is 0. The van der Waals surface area contributed by atoms with Crippen molar-refractivity contribution >= 4 is 32.7 Å². The molecular weight excluding hydrogens is 398 g/mol. The molecule has 0 amide bonds. The van der Waals surface area contributed by atoms with Crippen LogP contribution in [0.1, 0.15) is 5.69 Å². The smallest absolute Gasteiger partial charge is 0.346 e. The van der Waals surface area contributed by atoms with Crippen LogP contribution in [0.3, 0.4) is 0 Å². The molecule has 7 nitrogen and oxygen atoms in total. The molecule has 7 heteroatoms. The molecule has 3 aromatic heterocycles. The van der Waals surface area contributed by atoms with Crippen LogP contribution in [0.15, 0.2) is 67.0 Å². The van der Waals surface area contributed by atoms with E-state index in [0.717, 1.165) is 0 Å². The summed E-state index contributed by atoms with van der Waals surface area (Å²) in [4.78, 5) is 30.0. The quantitative estimate of drug-likeness (QED) is 0.318. The first kappa shape index (κ1) is 18.9. The number of para-hydroxylation sites is 2. The summed E-state index contributed by atoms with van der Waals surface area (Å²) in [5.74, 6) is 0.921. The third-order valence-electron chi connectivity index (χ3n) is 5.31. The van der Waals surface area contributed by atoms with E-state index in [-0.39, 0.29) is 5.56 Å². The van der Waals surface area contributed by atoms with Crippen LogP contribution in [0.25, 0.3) is 44.0 Å². The molecule has 5 rings (SSSR count). The lowest BCUT2D eigenvalue weighted by Crippen LogP contribution is -2.08. The molecule has 0 unspecified atom stereocenters. The molecule has 5 aromatic rings. The average Bonchev–Trinajstić information content (AvgIpc) is 2.77. The van der Waals surface area contributed by atoms with Crippen LogP contribution in [-0.4, -0.2) is 19.2 Å². The number of aryl methyl sites for hydroxylation is 1. The highest BCUT2D eigenvalue weighted by Crippen LogP contribution is 2.33. The molecule has 0 saturated carbocycles. The van der Waals surface area contributed by atoms with Gasteiger partial charge in [0.15, 0.2) is 22.7 Å². The minimum atomic E-state index is -0.548. The Labute approximate surface area is 175 Å². The van der Waals surface area contributed by atoms with Crippen molar-refractivity contribution in [1.82, 2.24) is 4.98 Å². The first-order valence-electron chi connectivity index (χ1n) is 9.54. The second-order valence-corrected chi connectivity index (χ2v) is 7.07. The number of aromatic nitrogens is 1. The molecule has 0 spiro atoms. The highest BCUT2D eigenvalue weighted by molar-refractivity contribution is 6.07. The number of methoxy groups -OCH3 is 2. The van der Waals surface area contributed by atoms with E-state index in [1.165, 1.54) is 14.2 Å². The zero-order valence-corrected chi connectivity index (χ0v) is 17.0. The maximum atomic E-state index is 12.8. The minimum absolute atomic E-state index is 0.287. The minimum Gasteiger partial charge on any atom is -0.493 e. The summed E-state index contributed by atoms with van der Waals surface area (Å²) in [7, 11) is 3.03. The summed E-state index contributed by atoms with van der Waals surface area (Å²) >= 11 is 0. The normalized spacial score (nSPS) is 11.3. The maximum Gasteiger partial charge on any atom is 0.346 e. The van der Waals surface area contributed by atoms with E-state index >= 15 is 0 Å². The van der Waals surface area contributed by atoms with Crippen LogP contribution in [0.5, 0.6) is 11.5 Å². The van der Waals surface area contributed by atoms with Gasteiger partial charge in [0.25, 0.3) is 0 Å². The fourth-order valence-electron chi connectivity index (χ4n) is 3.88. The third kappa shape index (κ3) is 2.85. The highest BCUT2D eigenvalue weighted by Gasteiger charge is 2.18. The molecule has 0 aliphatic carbocycles. The molecule has 154 valence electrons. The summed E-state index contributed by atoms with van der Waals surface area (Å²) in [6, 6.07) is 14.2. The molecule has 31 heavy (non-hydrogen) atoms. The number of rotatable bonds is 3. The summed E-state index contributed by atoms with van der Waals surface area (Å²) < 4.78 is 21.7. The molecular formula is C24H17NO6. The van der Waals surface area contributed by atoms with Crippen molar-refractivity contribution in [3.05, 3.63) is 75.1 Å². The second kappa shape index (κ2) is 6.98. The lowest BCUT2D eigenvalue weighted by atomic mass is 10.0. The Hall–Kier alpha value is -4.13. The third-order valence-corrected chi connectivity index (χ3v) is 5.31. The van der Waals surface area contributed by atoms with Crippen LogP contribution in [-0.2, 0) is 0 Å². The van der Waals surface area contributed by atoms with Gasteiger partial charge in [-0.25, -0.2) is 9.59 Å². The van der Waals surface area contributed by atoms with Gasteiger partial charge in [-0.15, -0.1) is 0 Å². The predicted octanol–water partition coefficient (Wildman–Crippen LogP) is 4.44. The lowest BCUT2D eigenvalue weighted by molar-refractivity contribution is 0.407. The van der Waals surface area contributed by atoms with E-state index in [2.05, 4.69) is 4.98 Å². The molecule has 2 aromatic carbocycles. The Morgan fingerprint density at radius 2 is 1.48 bits per heavy atom. The Bertz CT molecular complexity index is 1610. The van der Waals surface area contributed by atoms with Crippen LogP contribution < -0.4 is 20.7 Å². The van der Waals surface area contributed by atoms with Crippen LogP contribution in [0, 0.1) is 6.92 Å². The van der Waals surface area contributed by atoms with Crippen LogP contribution in [0.2, 0.25) is 0 Å². The highest BCUT2D eigenvalue weighted by atomic mass is 16.5. The van der Waals surface area contributed by atoms with Gasteiger partial charge >= 0.3 is 11.3 Å². The topological polar surface area (TPSA) is 91.8 Å². The molecule has 0 fully saturated rings. The number of fused-ring (bicyclic) bond motifs is 4. The molecule has 0 bridgehead atoms. The lowest BCUT2D eigenvalue weighted by Gasteiger charge is -2.10. The fourth-order valence-corrected chi connectivity index (χ4v) is 3.88. The first-order valence-corrected chi connectivity index (χ1v) is 9.54. The molecule has 0 aliphatic rings. The van der Waals surface area contributed by atoms with Gasteiger partial charge < -0.3 is 18.3 Å². The van der Waals surface area contributed by atoms with Gasteiger partial charge in [-0.05, 0) is 31.2 Å². The monoisotopic (exact) mass is 415 g/mol. The number of hydrogen-bond acceptors (Lipinski definition) is 7. The number of hydrogen-bond donors (Lipinski definition) is 0. The van der Waals surface area contributed by atoms with Gasteiger partial charge in [0.1, 0.15) is 0 Å². The first-order chi connectivity index (χ1) is 15.0. The Morgan fingerprint density at radius 3 is 2.23 bits per heavy atom. The zero-order valence-electron chi connectivity index (χ0n) is 17.0. The number of ether oxygens (including phenoxy) is 2. The van der Waals surface area contributed by atoms with Crippen molar-refractivity contribution in [2.45, 2.75) is 6.92 Å². The standard InChI is InChI=1S/C24H17NO6/c1-12-20-15(14-7-5-9-19(29-3)22(14)31-24(20)27)11-17(25-12)16-10-13-6-4-8-18(28-2)21(13)30-23(16)26/h4-11H,1-3H3. The number of benzene rings is 2. The zero-order chi connectivity index (χ0) is 21.7. The molecule has 0 saturated heterocycles. The Kier molecular flexibility index (Phi) is 4.25. The van der Waals surface area contributed by atoms with Gasteiger partial charge in [0.05, 0.1) is 36.6 Å². The van der Waals surface area contributed by atoms with Gasteiger partial charge in [0.2, 0.25) is 0 Å². The molecule has 0 aliphatic heterocycles. The van der Waals surface area contributed by atoms with E-state index in [0.29, 0.717) is 55.6 Å². The van der Waals surface area contributed by atoms with Gasteiger partial charge in [-0.1, -0.05) is 24.3 Å². The molecule has 0 radical (unpaired) electrons. The number of pyridine rings is 1. The van der Waals surface area contributed by atoms with E-state index in [1.54, 1.807) is 31.2 Å². The molecule has 3 heterocycles. The van der Waals surface area contributed by atoms with Crippen molar-refractivity contribution in [2.24, 2.45) is 0 Å². The van der Waals surface area contributed by atoms with Crippen molar-refractivity contribution in [3.63, 3.8) is 0 Å². The van der Waals surface area contributed by atoms with Crippen molar-refractivity contribution < 1.29 is 18.3 Å². The second-order valence-electron chi connectivity index (χ2n) is 7.07. The number of nitrogens with zero attached hydrogens (tertiary/aromatic N) is 1. The van der Waals surface area contributed by atoms with Gasteiger partial charge in [0, 0.05) is 16.2 Å². The van der Waals surface area contributed by atoms with Crippen molar-refractivity contribution in [2.75, 3.05) is 14.2 Å². The van der Waals surface area contributed by atoms with Gasteiger partial charge in [-0.2, -0.15) is 0 Å². The van der Waals surface area contributed by atoms with E-state index in [4.69, 9.17) is 18.3 Å². The average molecular weight is 415 g/mol. The largest absolute Gasteiger partial charge is 0.493 e. The summed E-state index contributed by atoms with van der Waals surface area (Å²) in [6.45, 7) is 1.71. The summed E-state index contributed by atoms with van der Waals surface area (Å²) in [5.41, 5.74) is 0.790. The van der Waals surface area contributed by atoms with Crippen molar-refractivity contribution in [3.8, 4) is 22.8 Å². The van der Waals surface area contributed by atoms with Crippen molar-refractivity contribution in [1.29, 1.82) is 0 Å². The van der Waals surface area contributed by atoms with E-state index < -0.39 is 11.3 Å². The Morgan fingerprint density at radius 1 is 0.806 bits per heavy atom. The predicted molar refractivity (Wildman–Crippen MR) is 117 cm³/mol. The molecule has 0 atom stereocenters. The van der Waals surface area contributed by atoms with E-state index in [1.807, 2.05) is 24.3 Å². The maximum absolute atomic E-state index is 12.8. The summed E-state index contributed by atoms with van der Waals surface area (Å²) in [5, 5.41) is 2.37. The van der Waals surface area contributed by atoms with Crippen LogP contribution >= 0.6 is 0 Å².